The quantitative estimate of drug-likeness (QED) is 0.811. The van der Waals surface area contributed by atoms with Crippen LogP contribution in [-0.4, -0.2) is 48.8 Å². The Morgan fingerprint density at radius 3 is 2.18 bits per heavy atom. The maximum atomic E-state index is 13.2. The van der Waals surface area contributed by atoms with E-state index in [0.717, 1.165) is 11.3 Å². The van der Waals surface area contributed by atoms with Crippen LogP contribution in [-0.2, 0) is 24.5 Å². The van der Waals surface area contributed by atoms with Crippen LogP contribution < -0.4 is 5.32 Å². The largest absolute Gasteiger partial charge is 0.347 e. The van der Waals surface area contributed by atoms with Gasteiger partial charge < -0.3 is 19.7 Å². The van der Waals surface area contributed by atoms with E-state index in [0.29, 0.717) is 52.0 Å². The molecule has 0 bridgehead atoms. The maximum absolute atomic E-state index is 13.2. The van der Waals surface area contributed by atoms with Gasteiger partial charge in [0.15, 0.2) is 5.79 Å². The lowest BCUT2D eigenvalue weighted by atomic mass is 9.85. The zero-order valence-corrected chi connectivity index (χ0v) is 17.0. The normalized spacial score (nSPS) is 22.9. The molecule has 0 aromatic heterocycles. The van der Waals surface area contributed by atoms with Crippen LogP contribution in [0, 0.1) is 5.41 Å². The van der Waals surface area contributed by atoms with E-state index in [1.807, 2.05) is 29.2 Å². The molecule has 1 spiro atoms. The minimum atomic E-state index is -0.910. The lowest BCUT2D eigenvalue weighted by Crippen LogP contribution is -2.51. The Kier molecular flexibility index (Phi) is 4.74. The third-order valence-electron chi connectivity index (χ3n) is 6.20. The van der Waals surface area contributed by atoms with Gasteiger partial charge in [-0.2, -0.15) is 0 Å². The number of carbonyl (C=O) groups is 2. The van der Waals surface area contributed by atoms with E-state index in [-0.39, 0.29) is 17.2 Å². The molecule has 6 heteroatoms. The van der Waals surface area contributed by atoms with Gasteiger partial charge in [-0.3, -0.25) is 9.59 Å². The molecule has 2 amide bonds. The molecule has 0 radical (unpaired) electrons. The first kappa shape index (κ1) is 19.4. The van der Waals surface area contributed by atoms with Gasteiger partial charge in [-0.15, -0.1) is 0 Å². The first-order valence-electron chi connectivity index (χ1n) is 10.2. The summed E-state index contributed by atoms with van der Waals surface area (Å²) in [5.41, 5.74) is 0.867. The van der Waals surface area contributed by atoms with E-state index in [1.165, 1.54) is 0 Å². The summed E-state index contributed by atoms with van der Waals surface area (Å²) in [7, 11) is 0. The molecule has 28 heavy (non-hydrogen) atoms. The van der Waals surface area contributed by atoms with Crippen LogP contribution in [0.4, 0.5) is 5.69 Å². The fraction of sp³-hybridized carbons (Fsp3) is 0.636. The van der Waals surface area contributed by atoms with Gasteiger partial charge in [0.25, 0.3) is 0 Å². The van der Waals surface area contributed by atoms with E-state index in [1.54, 1.807) is 0 Å². The number of anilines is 1. The average Bonchev–Trinajstić information content (AvgIpc) is 3.37. The highest BCUT2D eigenvalue weighted by atomic mass is 16.7. The number of ether oxygens (including phenoxy) is 2. The van der Waals surface area contributed by atoms with Crippen molar-refractivity contribution < 1.29 is 19.1 Å². The van der Waals surface area contributed by atoms with Crippen LogP contribution in [0.5, 0.6) is 0 Å². The minimum absolute atomic E-state index is 0.0499. The molecule has 1 aromatic carbocycles. The van der Waals surface area contributed by atoms with E-state index in [2.05, 4.69) is 26.1 Å². The molecular weight excluding hydrogens is 356 g/mol. The van der Waals surface area contributed by atoms with Gasteiger partial charge in [0.2, 0.25) is 11.8 Å². The molecule has 0 atom stereocenters. The number of hydrogen-bond acceptors (Lipinski definition) is 4. The predicted molar refractivity (Wildman–Crippen MR) is 106 cm³/mol. The molecule has 2 aliphatic heterocycles. The fourth-order valence-electron chi connectivity index (χ4n) is 4.29. The fourth-order valence-corrected chi connectivity index (χ4v) is 4.29. The van der Waals surface area contributed by atoms with Gasteiger partial charge in [-0.05, 0) is 29.9 Å². The molecule has 2 saturated heterocycles. The Balaban J connectivity index is 1.44. The molecular formula is C22H30N2O4. The third-order valence-corrected chi connectivity index (χ3v) is 6.20. The number of piperidine rings is 1. The number of amides is 2. The Hall–Kier alpha value is -1.92. The SMILES string of the molecule is CC(C)(C)c1ccccc1NC(=O)C1(C(=O)N2CCC3(CC2)OCCO3)CC1. The van der Waals surface area contributed by atoms with Crippen LogP contribution in [0.3, 0.4) is 0 Å². The number of likely N-dealkylation sites (tertiary alicyclic amines) is 1. The van der Waals surface area contributed by atoms with Crippen molar-refractivity contribution in [3.63, 3.8) is 0 Å². The van der Waals surface area contributed by atoms with Crippen LogP contribution in [0.2, 0.25) is 0 Å². The van der Waals surface area contributed by atoms with Crippen LogP contribution in [0.1, 0.15) is 52.0 Å². The number of rotatable bonds is 3. The molecule has 0 unspecified atom stereocenters. The lowest BCUT2D eigenvalue weighted by Gasteiger charge is -2.38. The summed E-state index contributed by atoms with van der Waals surface area (Å²) in [6.45, 7) is 8.74. The van der Waals surface area contributed by atoms with Gasteiger partial charge >= 0.3 is 0 Å². The number of hydrogen-bond donors (Lipinski definition) is 1. The van der Waals surface area contributed by atoms with Crippen molar-refractivity contribution in [2.75, 3.05) is 31.6 Å². The van der Waals surface area contributed by atoms with Crippen molar-refractivity contribution in [3.8, 4) is 0 Å². The zero-order valence-electron chi connectivity index (χ0n) is 17.0. The molecule has 3 aliphatic rings. The molecule has 3 fully saturated rings. The van der Waals surface area contributed by atoms with E-state index < -0.39 is 11.2 Å². The van der Waals surface area contributed by atoms with Gasteiger partial charge in [-0.25, -0.2) is 0 Å². The van der Waals surface area contributed by atoms with Crippen molar-refractivity contribution in [3.05, 3.63) is 29.8 Å². The third kappa shape index (κ3) is 3.44. The van der Waals surface area contributed by atoms with Crippen molar-refractivity contribution in [2.45, 2.75) is 57.7 Å². The summed E-state index contributed by atoms with van der Waals surface area (Å²) < 4.78 is 11.5. The molecule has 1 N–H and O–H groups in total. The molecule has 2 heterocycles. The van der Waals surface area contributed by atoms with Crippen LogP contribution in [0.15, 0.2) is 24.3 Å². The monoisotopic (exact) mass is 386 g/mol. The van der Waals surface area contributed by atoms with E-state index in [9.17, 15) is 9.59 Å². The van der Waals surface area contributed by atoms with Gasteiger partial charge in [0.05, 0.1) is 13.2 Å². The highest BCUT2D eigenvalue weighted by molar-refractivity contribution is 6.13. The Labute approximate surface area is 166 Å². The summed E-state index contributed by atoms with van der Waals surface area (Å²) in [4.78, 5) is 28.1. The summed E-state index contributed by atoms with van der Waals surface area (Å²) in [5.74, 6) is -0.740. The van der Waals surface area contributed by atoms with Crippen LogP contribution >= 0.6 is 0 Å². The second-order valence-electron chi connectivity index (χ2n) is 9.23. The van der Waals surface area contributed by atoms with E-state index in [4.69, 9.17) is 9.47 Å². The second-order valence-corrected chi connectivity index (χ2v) is 9.23. The highest BCUT2D eigenvalue weighted by Crippen LogP contribution is 2.49. The predicted octanol–water partition coefficient (Wildman–Crippen LogP) is 3.07. The summed E-state index contributed by atoms with van der Waals surface area (Å²) in [6.07, 6.45) is 2.57. The molecule has 6 nitrogen and oxygen atoms in total. The van der Waals surface area contributed by atoms with Gasteiger partial charge in [-0.1, -0.05) is 39.0 Å². The van der Waals surface area contributed by atoms with Crippen LogP contribution in [0.25, 0.3) is 0 Å². The zero-order chi connectivity index (χ0) is 20.0. The smallest absolute Gasteiger partial charge is 0.240 e. The molecule has 1 aromatic rings. The topological polar surface area (TPSA) is 67.9 Å². The van der Waals surface area contributed by atoms with Crippen molar-refractivity contribution >= 4 is 17.5 Å². The van der Waals surface area contributed by atoms with Gasteiger partial charge in [0.1, 0.15) is 5.41 Å². The molecule has 152 valence electrons. The number of benzene rings is 1. The Bertz CT molecular complexity index is 763. The summed E-state index contributed by atoms with van der Waals surface area (Å²) >= 11 is 0. The standard InChI is InChI=1S/C22H30N2O4/c1-20(2,3)16-6-4-5-7-17(16)23-18(25)21(8-9-21)19(26)24-12-10-22(11-13-24)27-14-15-28-22/h4-7H,8-15H2,1-3H3,(H,23,25). The maximum Gasteiger partial charge on any atom is 0.240 e. The first-order valence-corrected chi connectivity index (χ1v) is 10.2. The minimum Gasteiger partial charge on any atom is -0.347 e. The Morgan fingerprint density at radius 2 is 1.61 bits per heavy atom. The molecule has 1 aliphatic carbocycles. The number of nitrogens with one attached hydrogen (secondary N) is 1. The summed E-state index contributed by atoms with van der Waals surface area (Å²) in [6, 6.07) is 7.84. The molecule has 4 rings (SSSR count). The number of nitrogens with zero attached hydrogens (tertiary/aromatic N) is 1. The van der Waals surface area contributed by atoms with Crippen molar-refractivity contribution in [2.24, 2.45) is 5.41 Å². The Morgan fingerprint density at radius 1 is 1.00 bits per heavy atom. The second kappa shape index (κ2) is 6.85. The molecule has 1 saturated carbocycles. The van der Waals surface area contributed by atoms with Crippen molar-refractivity contribution in [1.29, 1.82) is 0 Å². The number of para-hydroxylation sites is 1. The average molecular weight is 386 g/mol. The summed E-state index contributed by atoms with van der Waals surface area (Å²) in [5, 5.41) is 3.05. The number of carbonyl (C=O) groups excluding carboxylic acids is 2. The van der Waals surface area contributed by atoms with Crippen molar-refractivity contribution in [1.82, 2.24) is 4.90 Å². The lowest BCUT2D eigenvalue weighted by molar-refractivity contribution is -0.188. The van der Waals surface area contributed by atoms with E-state index >= 15 is 0 Å². The van der Waals surface area contributed by atoms with Gasteiger partial charge in [0, 0.05) is 31.6 Å². The highest BCUT2D eigenvalue weighted by Gasteiger charge is 2.59. The first-order chi connectivity index (χ1) is 13.3.